The summed E-state index contributed by atoms with van der Waals surface area (Å²) in [5.74, 6) is -0.0937. The number of rotatable bonds is 4. The van der Waals surface area contributed by atoms with Crippen molar-refractivity contribution in [3.05, 3.63) is 102 Å². The normalized spacial score (nSPS) is 11.9. The number of hydrogen-bond acceptors (Lipinski definition) is 2. The molecule has 0 aliphatic carbocycles. The number of carbonyl (C=O) groups excluding carboxylic acids is 1. The second kappa shape index (κ2) is 7.65. The number of carbonyl (C=O) groups is 1. The summed E-state index contributed by atoms with van der Waals surface area (Å²) in [5.41, 5.74) is 5.52. The van der Waals surface area contributed by atoms with Crippen LogP contribution < -0.4 is 5.32 Å². The molecule has 0 fully saturated rings. The van der Waals surface area contributed by atoms with Gasteiger partial charge in [0.25, 0.3) is 5.91 Å². The van der Waals surface area contributed by atoms with Crippen molar-refractivity contribution in [2.24, 2.45) is 0 Å². The van der Waals surface area contributed by atoms with Crippen molar-refractivity contribution in [1.82, 2.24) is 10.3 Å². The van der Waals surface area contributed by atoms with Crippen molar-refractivity contribution in [2.75, 3.05) is 0 Å². The second-order valence-corrected chi connectivity index (χ2v) is 7.05. The van der Waals surface area contributed by atoms with Gasteiger partial charge in [0.15, 0.2) is 0 Å². The van der Waals surface area contributed by atoms with E-state index >= 15 is 0 Å². The number of pyridine rings is 1. The standard InChI is InChI=1S/C25H22N2O/c1-17-9-8-12-20(15-17)24-16-22(21-13-6-7-14-23(21)27-24)25(28)26-18(2)19-10-4-3-5-11-19/h3-16,18H,1-2H3,(H,26,28)/t18-/m1/s1. The molecule has 1 amide bonds. The summed E-state index contributed by atoms with van der Waals surface area (Å²) in [4.78, 5) is 17.9. The molecule has 1 atom stereocenters. The van der Waals surface area contributed by atoms with Gasteiger partial charge in [0.2, 0.25) is 0 Å². The zero-order chi connectivity index (χ0) is 19.5. The third-order valence-corrected chi connectivity index (χ3v) is 4.92. The molecule has 3 heteroatoms. The monoisotopic (exact) mass is 366 g/mol. The van der Waals surface area contributed by atoms with Crippen LogP contribution >= 0.6 is 0 Å². The van der Waals surface area contributed by atoms with Crippen LogP contribution in [0.3, 0.4) is 0 Å². The van der Waals surface area contributed by atoms with Gasteiger partial charge in [-0.1, -0.05) is 72.3 Å². The predicted molar refractivity (Wildman–Crippen MR) is 114 cm³/mol. The van der Waals surface area contributed by atoms with Crippen molar-refractivity contribution >= 4 is 16.8 Å². The SMILES string of the molecule is Cc1cccc(-c2cc(C(=O)N[C@H](C)c3ccccc3)c3ccccc3n2)c1. The third kappa shape index (κ3) is 3.65. The predicted octanol–water partition coefficient (Wildman–Crippen LogP) is 5.70. The van der Waals surface area contributed by atoms with Gasteiger partial charge < -0.3 is 5.32 Å². The Bertz CT molecular complexity index is 1140. The quantitative estimate of drug-likeness (QED) is 0.503. The Kier molecular flexibility index (Phi) is 4.90. The number of benzene rings is 3. The van der Waals surface area contributed by atoms with E-state index in [0.29, 0.717) is 5.56 Å². The van der Waals surface area contributed by atoms with Crippen molar-refractivity contribution in [3.63, 3.8) is 0 Å². The van der Waals surface area contributed by atoms with Crippen LogP contribution in [-0.4, -0.2) is 10.9 Å². The second-order valence-electron chi connectivity index (χ2n) is 7.05. The van der Waals surface area contributed by atoms with E-state index in [2.05, 4.69) is 24.4 Å². The average Bonchev–Trinajstić information content (AvgIpc) is 2.73. The number of fused-ring (bicyclic) bond motifs is 1. The molecule has 0 aliphatic heterocycles. The summed E-state index contributed by atoms with van der Waals surface area (Å²) in [6.45, 7) is 4.05. The molecule has 1 N–H and O–H groups in total. The molecule has 1 aromatic heterocycles. The van der Waals surface area contributed by atoms with Crippen molar-refractivity contribution in [1.29, 1.82) is 0 Å². The van der Waals surface area contributed by atoms with Gasteiger partial charge in [0.05, 0.1) is 22.8 Å². The Balaban J connectivity index is 1.76. The fourth-order valence-electron chi connectivity index (χ4n) is 3.41. The van der Waals surface area contributed by atoms with E-state index in [1.54, 1.807) is 0 Å². The molecule has 4 aromatic rings. The highest BCUT2D eigenvalue weighted by Crippen LogP contribution is 2.26. The van der Waals surface area contributed by atoms with E-state index in [1.807, 2.05) is 79.7 Å². The summed E-state index contributed by atoms with van der Waals surface area (Å²) >= 11 is 0. The molecule has 138 valence electrons. The minimum absolute atomic E-state index is 0.0805. The fourth-order valence-corrected chi connectivity index (χ4v) is 3.41. The Morgan fingerprint density at radius 2 is 1.64 bits per heavy atom. The number of nitrogens with one attached hydrogen (secondary N) is 1. The summed E-state index contributed by atoms with van der Waals surface area (Å²) in [5, 5.41) is 3.99. The van der Waals surface area contributed by atoms with Crippen LogP contribution in [0.15, 0.2) is 84.9 Å². The maximum absolute atomic E-state index is 13.2. The van der Waals surface area contributed by atoms with E-state index in [9.17, 15) is 4.79 Å². The first-order valence-corrected chi connectivity index (χ1v) is 9.44. The van der Waals surface area contributed by atoms with Gasteiger partial charge in [-0.15, -0.1) is 0 Å². The largest absolute Gasteiger partial charge is 0.345 e. The molecule has 0 saturated carbocycles. The molecule has 0 radical (unpaired) electrons. The van der Waals surface area contributed by atoms with Crippen LogP contribution in [0.25, 0.3) is 22.2 Å². The van der Waals surface area contributed by atoms with Crippen LogP contribution in [0.1, 0.15) is 34.5 Å². The molecule has 4 rings (SSSR count). The number of aromatic nitrogens is 1. The van der Waals surface area contributed by atoms with E-state index in [1.165, 1.54) is 0 Å². The lowest BCUT2D eigenvalue weighted by Gasteiger charge is -2.16. The zero-order valence-electron chi connectivity index (χ0n) is 16.0. The molecule has 0 unspecified atom stereocenters. The zero-order valence-corrected chi connectivity index (χ0v) is 16.0. The first-order valence-electron chi connectivity index (χ1n) is 9.44. The lowest BCUT2D eigenvalue weighted by atomic mass is 10.0. The lowest BCUT2D eigenvalue weighted by Crippen LogP contribution is -2.27. The summed E-state index contributed by atoms with van der Waals surface area (Å²) in [6.07, 6.45) is 0. The maximum Gasteiger partial charge on any atom is 0.252 e. The number of para-hydroxylation sites is 1. The third-order valence-electron chi connectivity index (χ3n) is 4.92. The molecular formula is C25H22N2O. The number of aryl methyl sites for hydroxylation is 1. The van der Waals surface area contributed by atoms with Crippen molar-refractivity contribution in [3.8, 4) is 11.3 Å². The smallest absolute Gasteiger partial charge is 0.252 e. The maximum atomic E-state index is 13.2. The van der Waals surface area contributed by atoms with E-state index in [4.69, 9.17) is 4.98 Å². The highest BCUT2D eigenvalue weighted by Gasteiger charge is 2.16. The molecule has 0 spiro atoms. The number of hydrogen-bond donors (Lipinski definition) is 1. The van der Waals surface area contributed by atoms with E-state index < -0.39 is 0 Å². The Hall–Kier alpha value is -3.46. The van der Waals surface area contributed by atoms with Crippen molar-refractivity contribution in [2.45, 2.75) is 19.9 Å². The molecule has 3 aromatic carbocycles. The van der Waals surface area contributed by atoms with E-state index in [-0.39, 0.29) is 11.9 Å². The first-order chi connectivity index (χ1) is 13.6. The minimum Gasteiger partial charge on any atom is -0.345 e. The topological polar surface area (TPSA) is 42.0 Å². The van der Waals surface area contributed by atoms with Crippen LogP contribution in [-0.2, 0) is 0 Å². The Labute approximate surface area is 165 Å². The first kappa shape index (κ1) is 17.9. The molecule has 0 aliphatic rings. The minimum atomic E-state index is -0.0937. The van der Waals surface area contributed by atoms with Crippen LogP contribution in [0.4, 0.5) is 0 Å². The summed E-state index contributed by atoms with van der Waals surface area (Å²) in [7, 11) is 0. The van der Waals surface area contributed by atoms with Gasteiger partial charge >= 0.3 is 0 Å². The molecular weight excluding hydrogens is 344 g/mol. The van der Waals surface area contributed by atoms with E-state index in [0.717, 1.165) is 33.3 Å². The molecule has 1 heterocycles. The fraction of sp³-hybridized carbons (Fsp3) is 0.120. The van der Waals surface area contributed by atoms with Gasteiger partial charge in [-0.05, 0) is 37.6 Å². The van der Waals surface area contributed by atoms with Gasteiger partial charge in [0.1, 0.15) is 0 Å². The highest BCUT2D eigenvalue weighted by molar-refractivity contribution is 6.07. The van der Waals surface area contributed by atoms with Crippen LogP contribution in [0.2, 0.25) is 0 Å². The molecule has 28 heavy (non-hydrogen) atoms. The van der Waals surface area contributed by atoms with Gasteiger partial charge in [-0.2, -0.15) is 0 Å². The van der Waals surface area contributed by atoms with Crippen molar-refractivity contribution < 1.29 is 4.79 Å². The highest BCUT2D eigenvalue weighted by atomic mass is 16.1. The molecule has 3 nitrogen and oxygen atoms in total. The Morgan fingerprint density at radius 1 is 0.893 bits per heavy atom. The summed E-state index contributed by atoms with van der Waals surface area (Å²) in [6, 6.07) is 27.8. The Morgan fingerprint density at radius 3 is 2.43 bits per heavy atom. The van der Waals surface area contributed by atoms with Crippen LogP contribution in [0.5, 0.6) is 0 Å². The molecule has 0 bridgehead atoms. The molecule has 0 saturated heterocycles. The van der Waals surface area contributed by atoms with Crippen LogP contribution in [0, 0.1) is 6.92 Å². The van der Waals surface area contributed by atoms with Gasteiger partial charge in [-0.25, -0.2) is 4.98 Å². The lowest BCUT2D eigenvalue weighted by molar-refractivity contribution is 0.0941. The number of nitrogens with zero attached hydrogens (tertiary/aromatic N) is 1. The number of amides is 1. The van der Waals surface area contributed by atoms with Gasteiger partial charge in [0, 0.05) is 10.9 Å². The average molecular weight is 366 g/mol. The van der Waals surface area contributed by atoms with Gasteiger partial charge in [-0.3, -0.25) is 4.79 Å². The summed E-state index contributed by atoms with van der Waals surface area (Å²) < 4.78 is 0.